The summed E-state index contributed by atoms with van der Waals surface area (Å²) in [4.78, 5) is 13.0. The maximum Gasteiger partial charge on any atom is 0.269 e. The topological polar surface area (TPSA) is 58.4 Å². The van der Waals surface area contributed by atoms with Crippen LogP contribution in [0.5, 0.6) is 0 Å². The molecule has 0 saturated heterocycles. The summed E-state index contributed by atoms with van der Waals surface area (Å²) in [5, 5.41) is 14.3. The lowest BCUT2D eigenvalue weighted by Crippen LogP contribution is -2.27. The number of nitrogens with one attached hydrogen (secondary N) is 1. The van der Waals surface area contributed by atoms with E-state index in [1.807, 2.05) is 6.07 Å². The Balaban J connectivity index is 2.97. The molecule has 0 spiro atoms. The van der Waals surface area contributed by atoms with Crippen LogP contribution in [0.2, 0.25) is 0 Å². The summed E-state index contributed by atoms with van der Waals surface area (Å²) >= 11 is 0. The quantitative estimate of drug-likeness (QED) is 0.554. The second-order valence-electron chi connectivity index (χ2n) is 5.75. The normalized spacial score (nSPS) is 11.1. The third kappa shape index (κ3) is 5.71. The summed E-state index contributed by atoms with van der Waals surface area (Å²) in [6.07, 6.45) is 1.03. The van der Waals surface area contributed by atoms with Crippen LogP contribution in [0.3, 0.4) is 0 Å². The van der Waals surface area contributed by atoms with Crippen molar-refractivity contribution >= 4 is 11.4 Å². The van der Waals surface area contributed by atoms with Crippen LogP contribution >= 0.6 is 0 Å². The third-order valence-corrected chi connectivity index (χ3v) is 3.33. The van der Waals surface area contributed by atoms with E-state index >= 15 is 0 Å². The monoisotopic (exact) mass is 293 g/mol. The van der Waals surface area contributed by atoms with E-state index in [2.05, 4.69) is 37.9 Å². The number of nitro groups is 1. The first-order valence-electron chi connectivity index (χ1n) is 7.71. The molecule has 0 heterocycles. The Kier molecular flexibility index (Phi) is 7.15. The minimum Gasteiger partial charge on any atom is -0.385 e. The van der Waals surface area contributed by atoms with Gasteiger partial charge in [-0.25, -0.2) is 0 Å². The van der Waals surface area contributed by atoms with Crippen molar-refractivity contribution in [3.8, 4) is 0 Å². The average molecular weight is 293 g/mol. The molecule has 0 radical (unpaired) electrons. The molecule has 1 N–H and O–H groups in total. The lowest BCUT2D eigenvalue weighted by molar-refractivity contribution is -0.384. The Labute approximate surface area is 127 Å². The van der Waals surface area contributed by atoms with E-state index in [0.29, 0.717) is 5.92 Å². The van der Waals surface area contributed by atoms with Crippen molar-refractivity contribution in [2.75, 3.05) is 25.0 Å². The zero-order chi connectivity index (χ0) is 15.8. The molecule has 1 aromatic carbocycles. The molecule has 0 amide bonds. The van der Waals surface area contributed by atoms with Crippen molar-refractivity contribution in [3.63, 3.8) is 0 Å². The van der Waals surface area contributed by atoms with Crippen molar-refractivity contribution in [3.05, 3.63) is 33.9 Å². The number of hydrogen-bond donors (Lipinski definition) is 1. The molecule has 0 bridgehead atoms. The summed E-state index contributed by atoms with van der Waals surface area (Å²) in [7, 11) is 0. The third-order valence-electron chi connectivity index (χ3n) is 3.33. The van der Waals surface area contributed by atoms with Crippen LogP contribution in [0.25, 0.3) is 0 Å². The largest absolute Gasteiger partial charge is 0.385 e. The highest BCUT2D eigenvalue weighted by Crippen LogP contribution is 2.24. The smallest absolute Gasteiger partial charge is 0.269 e. The van der Waals surface area contributed by atoms with Crippen LogP contribution in [0.15, 0.2) is 18.2 Å². The Morgan fingerprint density at radius 2 is 2.05 bits per heavy atom. The van der Waals surface area contributed by atoms with Gasteiger partial charge in [-0.2, -0.15) is 0 Å². The molecule has 0 aromatic heterocycles. The standard InChI is InChI=1S/C16H27N3O2/c1-5-9-17-16-8-7-15(19(20)21)10-14(16)12-18(6-2)11-13(3)4/h7-8,10,13,17H,5-6,9,11-12H2,1-4H3. The van der Waals surface area contributed by atoms with E-state index in [0.717, 1.165) is 43.9 Å². The molecule has 5 nitrogen and oxygen atoms in total. The van der Waals surface area contributed by atoms with Gasteiger partial charge in [0.15, 0.2) is 0 Å². The van der Waals surface area contributed by atoms with Crippen LogP contribution in [0.4, 0.5) is 11.4 Å². The van der Waals surface area contributed by atoms with Gasteiger partial charge in [-0.3, -0.25) is 15.0 Å². The highest BCUT2D eigenvalue weighted by Gasteiger charge is 2.14. The van der Waals surface area contributed by atoms with Gasteiger partial charge in [0.25, 0.3) is 5.69 Å². The predicted octanol–water partition coefficient (Wildman–Crippen LogP) is 3.89. The maximum atomic E-state index is 11.0. The molecule has 0 aliphatic carbocycles. The van der Waals surface area contributed by atoms with Gasteiger partial charge in [0.05, 0.1) is 4.92 Å². The summed E-state index contributed by atoms with van der Waals surface area (Å²) in [6.45, 7) is 12.1. The van der Waals surface area contributed by atoms with Gasteiger partial charge >= 0.3 is 0 Å². The van der Waals surface area contributed by atoms with Gasteiger partial charge in [-0.15, -0.1) is 0 Å². The van der Waals surface area contributed by atoms with Gasteiger partial charge in [0.1, 0.15) is 0 Å². The summed E-state index contributed by atoms with van der Waals surface area (Å²) in [5.74, 6) is 0.579. The molecule has 0 atom stereocenters. The lowest BCUT2D eigenvalue weighted by Gasteiger charge is -2.24. The number of anilines is 1. The van der Waals surface area contributed by atoms with Crippen LogP contribution in [-0.2, 0) is 6.54 Å². The van der Waals surface area contributed by atoms with Gasteiger partial charge in [-0.1, -0.05) is 27.7 Å². The Morgan fingerprint density at radius 3 is 2.57 bits per heavy atom. The first kappa shape index (κ1) is 17.4. The summed E-state index contributed by atoms with van der Waals surface area (Å²) in [6, 6.07) is 5.09. The second kappa shape index (κ2) is 8.62. The maximum absolute atomic E-state index is 11.0. The van der Waals surface area contributed by atoms with Crippen molar-refractivity contribution in [2.24, 2.45) is 5.92 Å². The van der Waals surface area contributed by atoms with E-state index in [-0.39, 0.29) is 10.6 Å². The predicted molar refractivity (Wildman–Crippen MR) is 87.7 cm³/mol. The molecule has 0 saturated carbocycles. The zero-order valence-electron chi connectivity index (χ0n) is 13.6. The van der Waals surface area contributed by atoms with Crippen molar-refractivity contribution < 1.29 is 4.92 Å². The van der Waals surface area contributed by atoms with Gasteiger partial charge < -0.3 is 5.32 Å². The molecule has 0 unspecified atom stereocenters. The van der Waals surface area contributed by atoms with Crippen LogP contribution in [0.1, 0.15) is 39.7 Å². The average Bonchev–Trinajstić information content (AvgIpc) is 2.44. The van der Waals surface area contributed by atoms with E-state index in [1.54, 1.807) is 12.1 Å². The zero-order valence-corrected chi connectivity index (χ0v) is 13.6. The first-order chi connectivity index (χ1) is 9.97. The van der Waals surface area contributed by atoms with Gasteiger partial charge in [0, 0.05) is 37.5 Å². The van der Waals surface area contributed by atoms with E-state index in [1.165, 1.54) is 0 Å². The van der Waals surface area contributed by atoms with Crippen molar-refractivity contribution in [1.82, 2.24) is 4.90 Å². The number of benzene rings is 1. The molecule has 0 fully saturated rings. The van der Waals surface area contributed by atoms with Crippen molar-refractivity contribution in [2.45, 2.75) is 40.7 Å². The van der Waals surface area contributed by atoms with Gasteiger partial charge in [-0.05, 0) is 30.5 Å². The SMILES string of the molecule is CCCNc1ccc([N+](=O)[O-])cc1CN(CC)CC(C)C. The minimum absolute atomic E-state index is 0.160. The number of non-ortho nitro benzene ring substituents is 1. The fourth-order valence-corrected chi connectivity index (χ4v) is 2.32. The number of nitrogens with zero attached hydrogens (tertiary/aromatic N) is 2. The number of nitro benzene ring substituents is 1. The summed E-state index contributed by atoms with van der Waals surface area (Å²) < 4.78 is 0. The number of hydrogen-bond acceptors (Lipinski definition) is 4. The minimum atomic E-state index is -0.328. The Morgan fingerprint density at radius 1 is 1.33 bits per heavy atom. The van der Waals surface area contributed by atoms with E-state index in [4.69, 9.17) is 0 Å². The molecule has 21 heavy (non-hydrogen) atoms. The van der Waals surface area contributed by atoms with E-state index < -0.39 is 0 Å². The number of rotatable bonds is 9. The van der Waals surface area contributed by atoms with Crippen LogP contribution < -0.4 is 5.32 Å². The fraction of sp³-hybridized carbons (Fsp3) is 0.625. The first-order valence-corrected chi connectivity index (χ1v) is 7.71. The molecular weight excluding hydrogens is 266 g/mol. The molecule has 0 aliphatic heterocycles. The van der Waals surface area contributed by atoms with Crippen LogP contribution in [0, 0.1) is 16.0 Å². The lowest BCUT2D eigenvalue weighted by atomic mass is 10.1. The Hall–Kier alpha value is -1.62. The fourth-order valence-electron chi connectivity index (χ4n) is 2.32. The van der Waals surface area contributed by atoms with E-state index in [9.17, 15) is 10.1 Å². The molecule has 5 heteroatoms. The molecular formula is C16H27N3O2. The molecule has 118 valence electrons. The highest BCUT2D eigenvalue weighted by molar-refractivity contribution is 5.56. The van der Waals surface area contributed by atoms with Crippen LogP contribution in [-0.4, -0.2) is 29.5 Å². The molecule has 1 rings (SSSR count). The van der Waals surface area contributed by atoms with Gasteiger partial charge in [0.2, 0.25) is 0 Å². The highest BCUT2D eigenvalue weighted by atomic mass is 16.6. The molecule has 0 aliphatic rings. The van der Waals surface area contributed by atoms with Crippen molar-refractivity contribution in [1.29, 1.82) is 0 Å². The summed E-state index contributed by atoms with van der Waals surface area (Å²) in [5.41, 5.74) is 2.16. The molecule has 1 aromatic rings. The second-order valence-corrected chi connectivity index (χ2v) is 5.75. The Bertz CT molecular complexity index is 461.